The van der Waals surface area contributed by atoms with Gasteiger partial charge in [-0.3, -0.25) is 4.79 Å². The van der Waals surface area contributed by atoms with Crippen LogP contribution in [0.4, 0.5) is 11.4 Å². The quantitative estimate of drug-likeness (QED) is 0.745. The number of aryl methyl sites for hydroxylation is 1. The van der Waals surface area contributed by atoms with Gasteiger partial charge in [0.25, 0.3) is 5.91 Å². The van der Waals surface area contributed by atoms with Crippen molar-refractivity contribution < 1.29 is 9.53 Å². The number of ether oxygens (including phenoxy) is 1. The molecule has 0 unspecified atom stereocenters. The number of nitrogen functional groups attached to an aromatic ring is 1. The minimum atomic E-state index is -0.294. The topological polar surface area (TPSA) is 64.3 Å². The van der Waals surface area contributed by atoms with Crippen LogP contribution in [0.5, 0.6) is 0 Å². The summed E-state index contributed by atoms with van der Waals surface area (Å²) in [7, 11) is 0. The molecule has 1 aliphatic rings. The Labute approximate surface area is 94.8 Å². The molecule has 16 heavy (non-hydrogen) atoms. The lowest BCUT2D eigenvalue weighted by molar-refractivity contribution is -0.124. The summed E-state index contributed by atoms with van der Waals surface area (Å²) in [5.41, 5.74) is 8.11. The summed E-state index contributed by atoms with van der Waals surface area (Å²) in [6.07, 6.45) is 1.47. The second-order valence-corrected chi connectivity index (χ2v) is 4.07. The van der Waals surface area contributed by atoms with Crippen LogP contribution in [0, 0.1) is 6.92 Å². The SMILES string of the molecule is Cc1cc(N)ccc1NC(=O)[C@H]1CCCO1. The van der Waals surface area contributed by atoms with Crippen molar-refractivity contribution in [3.8, 4) is 0 Å². The Hall–Kier alpha value is -1.55. The Bertz CT molecular complexity index is 398. The third-order valence-corrected chi connectivity index (χ3v) is 2.73. The summed E-state index contributed by atoms with van der Waals surface area (Å²) < 4.78 is 5.31. The van der Waals surface area contributed by atoms with Gasteiger partial charge < -0.3 is 15.8 Å². The van der Waals surface area contributed by atoms with Crippen molar-refractivity contribution >= 4 is 17.3 Å². The normalized spacial score (nSPS) is 19.7. The molecule has 1 atom stereocenters. The van der Waals surface area contributed by atoms with E-state index in [1.165, 1.54) is 0 Å². The Kier molecular flexibility index (Phi) is 3.10. The number of benzene rings is 1. The summed E-state index contributed by atoms with van der Waals surface area (Å²) in [4.78, 5) is 11.8. The molecular formula is C12H16N2O2. The van der Waals surface area contributed by atoms with Crippen LogP contribution in [-0.2, 0) is 9.53 Å². The molecular weight excluding hydrogens is 204 g/mol. The van der Waals surface area contributed by atoms with Crippen LogP contribution in [0.2, 0.25) is 0 Å². The monoisotopic (exact) mass is 220 g/mol. The molecule has 0 spiro atoms. The van der Waals surface area contributed by atoms with Gasteiger partial charge in [0.1, 0.15) is 6.10 Å². The summed E-state index contributed by atoms with van der Waals surface area (Å²) >= 11 is 0. The first-order valence-corrected chi connectivity index (χ1v) is 5.45. The van der Waals surface area contributed by atoms with Crippen molar-refractivity contribution in [3.05, 3.63) is 23.8 Å². The molecule has 0 aliphatic carbocycles. The number of hydrogen-bond acceptors (Lipinski definition) is 3. The number of carbonyl (C=O) groups is 1. The van der Waals surface area contributed by atoms with Crippen LogP contribution >= 0.6 is 0 Å². The maximum absolute atomic E-state index is 11.8. The maximum Gasteiger partial charge on any atom is 0.253 e. The fraction of sp³-hybridized carbons (Fsp3) is 0.417. The smallest absolute Gasteiger partial charge is 0.253 e. The fourth-order valence-corrected chi connectivity index (χ4v) is 1.82. The first-order valence-electron chi connectivity index (χ1n) is 5.45. The summed E-state index contributed by atoms with van der Waals surface area (Å²) in [6.45, 7) is 2.60. The van der Waals surface area contributed by atoms with Gasteiger partial charge in [-0.2, -0.15) is 0 Å². The van der Waals surface area contributed by atoms with Gasteiger partial charge in [0.05, 0.1) is 0 Å². The highest BCUT2D eigenvalue weighted by molar-refractivity contribution is 5.95. The zero-order chi connectivity index (χ0) is 11.5. The van der Waals surface area contributed by atoms with E-state index in [0.29, 0.717) is 12.3 Å². The molecule has 0 aromatic heterocycles. The van der Waals surface area contributed by atoms with Gasteiger partial charge in [0, 0.05) is 18.0 Å². The predicted octanol–water partition coefficient (Wildman–Crippen LogP) is 1.69. The fourth-order valence-electron chi connectivity index (χ4n) is 1.82. The van der Waals surface area contributed by atoms with E-state index in [4.69, 9.17) is 10.5 Å². The molecule has 2 rings (SSSR count). The second-order valence-electron chi connectivity index (χ2n) is 4.07. The van der Waals surface area contributed by atoms with E-state index in [2.05, 4.69) is 5.32 Å². The van der Waals surface area contributed by atoms with Gasteiger partial charge >= 0.3 is 0 Å². The van der Waals surface area contributed by atoms with Crippen LogP contribution in [-0.4, -0.2) is 18.6 Å². The highest BCUT2D eigenvalue weighted by Gasteiger charge is 2.23. The molecule has 0 saturated carbocycles. The Morgan fingerprint density at radius 1 is 1.56 bits per heavy atom. The number of carbonyl (C=O) groups excluding carboxylic acids is 1. The number of nitrogens with two attached hydrogens (primary N) is 1. The third-order valence-electron chi connectivity index (χ3n) is 2.73. The van der Waals surface area contributed by atoms with Crippen molar-refractivity contribution in [1.82, 2.24) is 0 Å². The molecule has 1 heterocycles. The third kappa shape index (κ3) is 2.33. The van der Waals surface area contributed by atoms with Gasteiger partial charge in [-0.05, 0) is 43.5 Å². The predicted molar refractivity (Wildman–Crippen MR) is 63.2 cm³/mol. The molecule has 4 heteroatoms. The van der Waals surface area contributed by atoms with Gasteiger partial charge in [-0.15, -0.1) is 0 Å². The Balaban J connectivity index is 2.05. The van der Waals surface area contributed by atoms with Gasteiger partial charge in [0.15, 0.2) is 0 Å². The van der Waals surface area contributed by atoms with Crippen LogP contribution < -0.4 is 11.1 Å². The van der Waals surface area contributed by atoms with Crippen molar-refractivity contribution in [2.45, 2.75) is 25.9 Å². The molecule has 3 N–H and O–H groups in total. The molecule has 0 bridgehead atoms. The number of hydrogen-bond donors (Lipinski definition) is 2. The minimum Gasteiger partial charge on any atom is -0.399 e. The molecule has 86 valence electrons. The van der Waals surface area contributed by atoms with Crippen LogP contribution in [0.1, 0.15) is 18.4 Å². The number of amides is 1. The molecule has 0 radical (unpaired) electrons. The molecule has 4 nitrogen and oxygen atoms in total. The van der Waals surface area contributed by atoms with Gasteiger partial charge in [0.2, 0.25) is 0 Å². The molecule has 1 fully saturated rings. The lowest BCUT2D eigenvalue weighted by Crippen LogP contribution is -2.27. The average Bonchev–Trinajstić information content (AvgIpc) is 2.75. The zero-order valence-electron chi connectivity index (χ0n) is 9.32. The van der Waals surface area contributed by atoms with Crippen molar-refractivity contribution in [2.75, 3.05) is 17.7 Å². The summed E-state index contributed by atoms with van der Waals surface area (Å²) in [6, 6.07) is 5.43. The standard InChI is InChI=1S/C12H16N2O2/c1-8-7-9(13)4-5-10(8)14-12(15)11-3-2-6-16-11/h4-5,7,11H,2-3,6,13H2,1H3,(H,14,15)/t11-/m1/s1. The largest absolute Gasteiger partial charge is 0.399 e. The average molecular weight is 220 g/mol. The summed E-state index contributed by atoms with van der Waals surface area (Å²) in [5, 5.41) is 2.86. The van der Waals surface area contributed by atoms with E-state index in [9.17, 15) is 4.79 Å². The van der Waals surface area contributed by atoms with E-state index in [0.717, 1.165) is 24.1 Å². The first-order chi connectivity index (χ1) is 7.66. The van der Waals surface area contributed by atoms with Gasteiger partial charge in [-0.1, -0.05) is 0 Å². The van der Waals surface area contributed by atoms with Crippen molar-refractivity contribution in [1.29, 1.82) is 0 Å². The van der Waals surface area contributed by atoms with Crippen molar-refractivity contribution in [2.24, 2.45) is 0 Å². The first kappa shape index (κ1) is 11.0. The molecule has 1 aromatic carbocycles. The van der Waals surface area contributed by atoms with E-state index < -0.39 is 0 Å². The van der Waals surface area contributed by atoms with E-state index in [1.807, 2.05) is 19.1 Å². The van der Waals surface area contributed by atoms with Gasteiger partial charge in [-0.25, -0.2) is 0 Å². The Morgan fingerprint density at radius 2 is 2.38 bits per heavy atom. The molecule has 1 amide bonds. The zero-order valence-corrected chi connectivity index (χ0v) is 9.32. The van der Waals surface area contributed by atoms with Crippen LogP contribution in [0.15, 0.2) is 18.2 Å². The highest BCUT2D eigenvalue weighted by atomic mass is 16.5. The second kappa shape index (κ2) is 4.53. The molecule has 1 aromatic rings. The van der Waals surface area contributed by atoms with Crippen LogP contribution in [0.25, 0.3) is 0 Å². The molecule has 1 saturated heterocycles. The highest BCUT2D eigenvalue weighted by Crippen LogP contribution is 2.20. The van der Waals surface area contributed by atoms with E-state index in [-0.39, 0.29) is 12.0 Å². The Morgan fingerprint density at radius 3 is 3.00 bits per heavy atom. The lowest BCUT2D eigenvalue weighted by atomic mass is 10.1. The van der Waals surface area contributed by atoms with Crippen LogP contribution in [0.3, 0.4) is 0 Å². The van der Waals surface area contributed by atoms with Crippen molar-refractivity contribution in [3.63, 3.8) is 0 Å². The lowest BCUT2D eigenvalue weighted by Gasteiger charge is -2.12. The number of anilines is 2. The minimum absolute atomic E-state index is 0.0645. The van der Waals surface area contributed by atoms with E-state index in [1.54, 1.807) is 6.07 Å². The molecule has 1 aliphatic heterocycles. The summed E-state index contributed by atoms with van der Waals surface area (Å²) in [5.74, 6) is -0.0645. The number of rotatable bonds is 2. The number of nitrogens with one attached hydrogen (secondary N) is 1. The maximum atomic E-state index is 11.8. The van der Waals surface area contributed by atoms with E-state index >= 15 is 0 Å².